The second-order valence-corrected chi connectivity index (χ2v) is 5.37. The molecule has 8 nitrogen and oxygen atoms in total. The van der Waals surface area contributed by atoms with Crippen LogP contribution in [-0.4, -0.2) is 29.8 Å². The Balaban J connectivity index is 3.59. The third-order valence-corrected chi connectivity index (χ3v) is 2.94. The lowest BCUT2D eigenvalue weighted by Gasteiger charge is -2.10. The second kappa shape index (κ2) is 4.70. The smallest absolute Gasteiger partial charge is 0.500 e. The van der Waals surface area contributed by atoms with Gasteiger partial charge in [0.15, 0.2) is 16.8 Å². The molecule has 0 aliphatic carbocycles. The molecule has 1 N–H and O–H groups in total. The number of alkyl halides is 3. The van der Waals surface area contributed by atoms with E-state index >= 15 is 0 Å². The molecule has 0 aromatic carbocycles. The molecule has 0 spiro atoms. The van der Waals surface area contributed by atoms with Gasteiger partial charge in [0.25, 0.3) is 9.05 Å². The standard InChI is InChI=1S/C6H2ClF3N2O6S/c7-19(16,17)4-2(18-6(8,9)10)1-11-5(3(4)13)12(14)15/h1,13H. The van der Waals surface area contributed by atoms with Gasteiger partial charge in [-0.2, -0.15) is 0 Å². The van der Waals surface area contributed by atoms with E-state index in [9.17, 15) is 36.8 Å². The van der Waals surface area contributed by atoms with Crippen LogP contribution in [0.15, 0.2) is 11.1 Å². The minimum Gasteiger partial charge on any atom is -0.500 e. The predicted molar refractivity (Wildman–Crippen MR) is 52.3 cm³/mol. The molecule has 0 bridgehead atoms. The molecule has 19 heavy (non-hydrogen) atoms. The fourth-order valence-electron chi connectivity index (χ4n) is 1.02. The summed E-state index contributed by atoms with van der Waals surface area (Å²) in [4.78, 5) is 10.3. The summed E-state index contributed by atoms with van der Waals surface area (Å²) in [5, 5.41) is 19.6. The average molecular weight is 323 g/mol. The Labute approximate surface area is 107 Å². The zero-order valence-electron chi connectivity index (χ0n) is 8.38. The Hall–Kier alpha value is -1.82. The Morgan fingerprint density at radius 3 is 2.37 bits per heavy atom. The number of halogens is 4. The molecular weight excluding hydrogens is 321 g/mol. The number of pyridine rings is 1. The molecular formula is C6H2ClF3N2O6S. The fourth-order valence-corrected chi connectivity index (χ4v) is 2.13. The number of rotatable bonds is 3. The lowest BCUT2D eigenvalue weighted by Crippen LogP contribution is -2.19. The minimum absolute atomic E-state index is 0.112. The van der Waals surface area contributed by atoms with Crippen LogP contribution in [0, 0.1) is 10.1 Å². The van der Waals surface area contributed by atoms with Crippen molar-refractivity contribution in [2.24, 2.45) is 0 Å². The summed E-state index contributed by atoms with van der Waals surface area (Å²) in [5.41, 5.74) is 0. The maximum Gasteiger partial charge on any atom is 0.573 e. The van der Waals surface area contributed by atoms with E-state index in [0.29, 0.717) is 0 Å². The molecule has 0 radical (unpaired) electrons. The lowest BCUT2D eigenvalue weighted by molar-refractivity contribution is -0.390. The molecule has 1 aromatic rings. The van der Waals surface area contributed by atoms with E-state index in [0.717, 1.165) is 0 Å². The van der Waals surface area contributed by atoms with Crippen molar-refractivity contribution in [2.45, 2.75) is 11.3 Å². The van der Waals surface area contributed by atoms with Gasteiger partial charge in [-0.3, -0.25) is 0 Å². The number of hydrogen-bond acceptors (Lipinski definition) is 7. The van der Waals surface area contributed by atoms with Crippen molar-refractivity contribution in [3.8, 4) is 11.5 Å². The van der Waals surface area contributed by atoms with Gasteiger partial charge in [0, 0.05) is 10.7 Å². The highest BCUT2D eigenvalue weighted by Gasteiger charge is 2.38. The van der Waals surface area contributed by atoms with Crippen molar-refractivity contribution < 1.29 is 36.4 Å². The van der Waals surface area contributed by atoms with Gasteiger partial charge in [0.05, 0.1) is 0 Å². The van der Waals surface area contributed by atoms with Gasteiger partial charge in [-0.1, -0.05) is 0 Å². The highest BCUT2D eigenvalue weighted by Crippen LogP contribution is 2.41. The predicted octanol–water partition coefficient (Wildman–Crippen LogP) is 1.52. The molecule has 0 aliphatic rings. The number of ether oxygens (including phenoxy) is 1. The van der Waals surface area contributed by atoms with E-state index in [1.165, 1.54) is 0 Å². The van der Waals surface area contributed by atoms with Crippen molar-refractivity contribution in [3.05, 3.63) is 16.3 Å². The molecule has 0 atom stereocenters. The Morgan fingerprint density at radius 1 is 1.47 bits per heavy atom. The summed E-state index contributed by atoms with van der Waals surface area (Å²) in [6.45, 7) is 0. The zero-order chi connectivity index (χ0) is 15.0. The van der Waals surface area contributed by atoms with Gasteiger partial charge in [-0.05, 0) is 9.91 Å². The van der Waals surface area contributed by atoms with Crippen molar-refractivity contribution in [1.82, 2.24) is 4.98 Å². The van der Waals surface area contributed by atoms with E-state index < -0.39 is 42.5 Å². The van der Waals surface area contributed by atoms with Crippen LogP contribution in [0.4, 0.5) is 19.0 Å². The second-order valence-electron chi connectivity index (χ2n) is 2.87. The highest BCUT2D eigenvalue weighted by molar-refractivity contribution is 8.14. The summed E-state index contributed by atoms with van der Waals surface area (Å²) >= 11 is 0. The van der Waals surface area contributed by atoms with Crippen LogP contribution in [-0.2, 0) is 9.05 Å². The summed E-state index contributed by atoms with van der Waals surface area (Å²) in [6.07, 6.45) is -5.19. The largest absolute Gasteiger partial charge is 0.573 e. The zero-order valence-corrected chi connectivity index (χ0v) is 9.95. The van der Waals surface area contributed by atoms with Gasteiger partial charge in [0.1, 0.15) is 0 Å². The number of aromatic nitrogens is 1. The van der Waals surface area contributed by atoms with Crippen LogP contribution in [0.25, 0.3) is 0 Å². The molecule has 0 amide bonds. The van der Waals surface area contributed by atoms with Crippen LogP contribution in [0.1, 0.15) is 0 Å². The first-order valence-corrected chi connectivity index (χ1v) is 6.31. The number of hydrogen-bond donors (Lipinski definition) is 1. The molecule has 13 heteroatoms. The fraction of sp³-hybridized carbons (Fsp3) is 0.167. The van der Waals surface area contributed by atoms with Gasteiger partial charge >= 0.3 is 12.2 Å². The van der Waals surface area contributed by atoms with Gasteiger partial charge < -0.3 is 20.0 Å². The third kappa shape index (κ3) is 3.57. The van der Waals surface area contributed by atoms with Crippen molar-refractivity contribution in [2.75, 3.05) is 0 Å². The van der Waals surface area contributed by atoms with Crippen LogP contribution in [0.2, 0.25) is 0 Å². The molecule has 0 fully saturated rings. The van der Waals surface area contributed by atoms with Crippen molar-refractivity contribution in [3.63, 3.8) is 0 Å². The van der Waals surface area contributed by atoms with Crippen LogP contribution in [0.5, 0.6) is 11.5 Å². The van der Waals surface area contributed by atoms with Crippen molar-refractivity contribution >= 4 is 25.6 Å². The van der Waals surface area contributed by atoms with E-state index in [4.69, 9.17) is 10.7 Å². The topological polar surface area (TPSA) is 120 Å². The molecule has 1 heterocycles. The van der Waals surface area contributed by atoms with Gasteiger partial charge in [-0.15, -0.1) is 13.2 Å². The normalized spacial score (nSPS) is 12.2. The summed E-state index contributed by atoms with van der Waals surface area (Å²) in [6, 6.07) is 0. The SMILES string of the molecule is O=[N+]([O-])c1ncc(OC(F)(F)F)c(S(=O)(=O)Cl)c1O. The quantitative estimate of drug-likeness (QED) is 0.509. The Morgan fingerprint density at radius 2 is 2.00 bits per heavy atom. The first kappa shape index (κ1) is 15.2. The lowest BCUT2D eigenvalue weighted by atomic mass is 10.4. The molecule has 0 unspecified atom stereocenters. The molecule has 0 aliphatic heterocycles. The van der Waals surface area contributed by atoms with E-state index in [2.05, 4.69) is 9.72 Å². The Kier molecular flexibility index (Phi) is 3.77. The Bertz CT molecular complexity index is 631. The van der Waals surface area contributed by atoms with Gasteiger partial charge in [-0.25, -0.2) is 8.42 Å². The van der Waals surface area contributed by atoms with E-state index in [1.54, 1.807) is 0 Å². The van der Waals surface area contributed by atoms with Crippen LogP contribution in [0.3, 0.4) is 0 Å². The first-order valence-electron chi connectivity index (χ1n) is 4.00. The van der Waals surface area contributed by atoms with E-state index in [-0.39, 0.29) is 6.20 Å². The third-order valence-electron chi connectivity index (χ3n) is 1.60. The highest BCUT2D eigenvalue weighted by atomic mass is 35.7. The minimum atomic E-state index is -5.30. The summed E-state index contributed by atoms with van der Waals surface area (Å²) in [7, 11) is -0.151. The van der Waals surface area contributed by atoms with Crippen LogP contribution >= 0.6 is 10.7 Å². The molecule has 0 saturated heterocycles. The summed E-state index contributed by atoms with van der Waals surface area (Å²) < 4.78 is 61.3. The number of nitro groups is 1. The molecule has 0 saturated carbocycles. The monoisotopic (exact) mass is 322 g/mol. The molecule has 1 aromatic heterocycles. The maximum absolute atomic E-state index is 12.0. The van der Waals surface area contributed by atoms with Gasteiger partial charge in [0.2, 0.25) is 5.75 Å². The van der Waals surface area contributed by atoms with E-state index in [1.807, 2.05) is 0 Å². The number of aromatic hydroxyl groups is 1. The molecule has 106 valence electrons. The van der Waals surface area contributed by atoms with Crippen molar-refractivity contribution in [1.29, 1.82) is 0 Å². The average Bonchev–Trinajstić information content (AvgIpc) is 2.11. The number of nitrogens with zero attached hydrogens (tertiary/aromatic N) is 2. The maximum atomic E-state index is 12.0. The first-order chi connectivity index (χ1) is 8.43. The summed E-state index contributed by atoms with van der Waals surface area (Å²) in [5.74, 6) is -4.51. The van der Waals surface area contributed by atoms with Crippen LogP contribution < -0.4 is 4.74 Å². The molecule has 1 rings (SSSR count).